The minimum Gasteiger partial charge on any atom is -0.378 e. The summed E-state index contributed by atoms with van der Waals surface area (Å²) in [6.45, 7) is 1.30. The van der Waals surface area contributed by atoms with E-state index in [9.17, 15) is 9.59 Å². The van der Waals surface area contributed by atoms with E-state index in [1.54, 1.807) is 35.0 Å². The third kappa shape index (κ3) is 5.44. The predicted octanol–water partition coefficient (Wildman–Crippen LogP) is 2.05. The molecule has 0 aliphatic heterocycles. The molecule has 3 rings (SSSR count). The van der Waals surface area contributed by atoms with Crippen molar-refractivity contribution in [3.8, 4) is 0 Å². The Kier molecular flexibility index (Phi) is 6.79. The molecule has 0 unspecified atom stereocenters. The normalized spacial score (nSPS) is 10.5. The Bertz CT molecular complexity index is 982. The van der Waals surface area contributed by atoms with Crippen molar-refractivity contribution in [1.82, 2.24) is 25.2 Å². The summed E-state index contributed by atoms with van der Waals surface area (Å²) in [7, 11) is 5.63. The molecule has 0 aliphatic carbocycles. The Balaban J connectivity index is 1.49. The number of nitrogens with one attached hydrogen (secondary N) is 1. The second-order valence-electron chi connectivity index (χ2n) is 7.21. The fourth-order valence-electron chi connectivity index (χ4n) is 2.93. The predicted molar refractivity (Wildman–Crippen MR) is 115 cm³/mol. The third-order valence-corrected chi connectivity index (χ3v) is 4.64. The summed E-state index contributed by atoms with van der Waals surface area (Å²) >= 11 is 0. The molecule has 0 spiro atoms. The van der Waals surface area contributed by atoms with Crippen molar-refractivity contribution in [2.24, 2.45) is 0 Å². The Morgan fingerprint density at radius 1 is 1.00 bits per heavy atom. The molecule has 3 aromatic rings. The number of anilines is 1. The van der Waals surface area contributed by atoms with Crippen LogP contribution in [-0.2, 0) is 13.1 Å². The number of rotatable bonds is 8. The highest BCUT2D eigenvalue weighted by Gasteiger charge is 2.16. The molecule has 156 valence electrons. The summed E-state index contributed by atoms with van der Waals surface area (Å²) < 4.78 is 1.55. The van der Waals surface area contributed by atoms with Gasteiger partial charge in [0, 0.05) is 45.5 Å². The van der Waals surface area contributed by atoms with E-state index in [1.807, 2.05) is 61.5 Å². The van der Waals surface area contributed by atoms with Gasteiger partial charge >= 0.3 is 0 Å². The van der Waals surface area contributed by atoms with Gasteiger partial charge < -0.3 is 15.1 Å². The maximum absolute atomic E-state index is 12.5. The molecule has 1 aromatic heterocycles. The van der Waals surface area contributed by atoms with Crippen molar-refractivity contribution in [1.29, 1.82) is 0 Å². The molecule has 2 aromatic carbocycles. The van der Waals surface area contributed by atoms with Gasteiger partial charge in [0.2, 0.25) is 0 Å². The second kappa shape index (κ2) is 9.69. The summed E-state index contributed by atoms with van der Waals surface area (Å²) in [5.74, 6) is -0.352. The molecule has 0 bridgehead atoms. The molecule has 8 heteroatoms. The van der Waals surface area contributed by atoms with E-state index in [-0.39, 0.29) is 17.5 Å². The first-order valence-electron chi connectivity index (χ1n) is 9.69. The Hall–Kier alpha value is -3.68. The number of hydrogen-bond donors (Lipinski definition) is 1. The Labute approximate surface area is 176 Å². The van der Waals surface area contributed by atoms with Crippen LogP contribution in [0.5, 0.6) is 0 Å². The van der Waals surface area contributed by atoms with E-state index in [0.29, 0.717) is 25.2 Å². The summed E-state index contributed by atoms with van der Waals surface area (Å²) in [6, 6.07) is 17.1. The molecule has 0 saturated heterocycles. The van der Waals surface area contributed by atoms with E-state index in [1.165, 1.54) is 0 Å². The average Bonchev–Trinajstić information content (AvgIpc) is 3.22. The number of aromatic nitrogens is 3. The lowest BCUT2D eigenvalue weighted by molar-refractivity contribution is 0.0778. The molecular formula is C22H26N6O2. The topological polar surface area (TPSA) is 83.4 Å². The molecular weight excluding hydrogens is 380 g/mol. The summed E-state index contributed by atoms with van der Waals surface area (Å²) in [5, 5.41) is 10.8. The van der Waals surface area contributed by atoms with Crippen LogP contribution in [0.4, 0.5) is 5.69 Å². The van der Waals surface area contributed by atoms with Gasteiger partial charge in [0.15, 0.2) is 5.69 Å². The first kappa shape index (κ1) is 21.0. The van der Waals surface area contributed by atoms with Crippen LogP contribution < -0.4 is 10.2 Å². The number of carbonyl (C=O) groups is 2. The van der Waals surface area contributed by atoms with Gasteiger partial charge in [-0.05, 0) is 29.8 Å². The number of carbonyl (C=O) groups excluding carboxylic acids is 2. The molecule has 30 heavy (non-hydrogen) atoms. The average molecular weight is 406 g/mol. The van der Waals surface area contributed by atoms with Gasteiger partial charge in [-0.25, -0.2) is 4.68 Å². The highest BCUT2D eigenvalue weighted by molar-refractivity contribution is 5.94. The standard InChI is InChI=1S/C22H26N6O2/c1-26(2)19-11-9-18(10-12-19)21(29)23-13-14-28-16-20(24-25-28)22(30)27(3)15-17-7-5-4-6-8-17/h4-12,16H,13-15H2,1-3H3,(H,23,29). The molecule has 1 N–H and O–H groups in total. The molecule has 0 radical (unpaired) electrons. The van der Waals surface area contributed by atoms with Gasteiger partial charge in [0.05, 0.1) is 12.7 Å². The highest BCUT2D eigenvalue weighted by Crippen LogP contribution is 2.12. The molecule has 8 nitrogen and oxygen atoms in total. The van der Waals surface area contributed by atoms with Crippen molar-refractivity contribution in [2.75, 3.05) is 32.6 Å². The van der Waals surface area contributed by atoms with Gasteiger partial charge in [-0.15, -0.1) is 5.10 Å². The fourth-order valence-corrected chi connectivity index (χ4v) is 2.93. The van der Waals surface area contributed by atoms with Gasteiger partial charge in [0.1, 0.15) is 0 Å². The maximum atomic E-state index is 12.5. The summed E-state index contributed by atoms with van der Waals surface area (Å²) in [6.07, 6.45) is 1.60. The number of amides is 2. The molecule has 0 saturated carbocycles. The van der Waals surface area contributed by atoms with Gasteiger partial charge in [-0.1, -0.05) is 35.5 Å². The van der Waals surface area contributed by atoms with Crippen molar-refractivity contribution in [2.45, 2.75) is 13.1 Å². The van der Waals surface area contributed by atoms with Crippen molar-refractivity contribution < 1.29 is 9.59 Å². The van der Waals surface area contributed by atoms with Crippen LogP contribution in [0, 0.1) is 0 Å². The Morgan fingerprint density at radius 2 is 1.70 bits per heavy atom. The zero-order chi connectivity index (χ0) is 21.5. The molecule has 2 amide bonds. The zero-order valence-corrected chi connectivity index (χ0v) is 17.4. The van der Waals surface area contributed by atoms with Crippen LogP contribution in [0.25, 0.3) is 0 Å². The lowest BCUT2D eigenvalue weighted by atomic mass is 10.2. The van der Waals surface area contributed by atoms with E-state index in [4.69, 9.17) is 0 Å². The van der Waals surface area contributed by atoms with Crippen LogP contribution in [0.2, 0.25) is 0 Å². The second-order valence-corrected chi connectivity index (χ2v) is 7.21. The van der Waals surface area contributed by atoms with Gasteiger partial charge in [-0.3, -0.25) is 9.59 Å². The van der Waals surface area contributed by atoms with Crippen molar-refractivity contribution in [3.63, 3.8) is 0 Å². The fraction of sp³-hybridized carbons (Fsp3) is 0.273. The number of nitrogens with zero attached hydrogens (tertiary/aromatic N) is 5. The Morgan fingerprint density at radius 3 is 2.37 bits per heavy atom. The smallest absolute Gasteiger partial charge is 0.276 e. The molecule has 0 atom stereocenters. The van der Waals surface area contributed by atoms with Gasteiger partial charge in [0.25, 0.3) is 11.8 Å². The van der Waals surface area contributed by atoms with Gasteiger partial charge in [-0.2, -0.15) is 0 Å². The van der Waals surface area contributed by atoms with Crippen LogP contribution >= 0.6 is 0 Å². The lowest BCUT2D eigenvalue weighted by Gasteiger charge is -2.15. The summed E-state index contributed by atoms with van der Waals surface area (Å²) in [5.41, 5.74) is 2.95. The molecule has 0 fully saturated rings. The largest absolute Gasteiger partial charge is 0.378 e. The SMILES string of the molecule is CN(Cc1ccccc1)C(=O)c1cn(CCNC(=O)c2ccc(N(C)C)cc2)nn1. The third-order valence-electron chi connectivity index (χ3n) is 4.64. The lowest BCUT2D eigenvalue weighted by Crippen LogP contribution is -2.27. The van der Waals surface area contributed by atoms with E-state index >= 15 is 0 Å². The van der Waals surface area contributed by atoms with Crippen LogP contribution in [0.3, 0.4) is 0 Å². The number of hydrogen-bond acceptors (Lipinski definition) is 5. The molecule has 0 aliphatic rings. The minimum absolute atomic E-state index is 0.153. The van der Waals surface area contributed by atoms with E-state index < -0.39 is 0 Å². The first-order chi connectivity index (χ1) is 14.4. The molecule has 1 heterocycles. The van der Waals surface area contributed by atoms with Crippen LogP contribution in [0.15, 0.2) is 60.8 Å². The highest BCUT2D eigenvalue weighted by atomic mass is 16.2. The van der Waals surface area contributed by atoms with E-state index in [0.717, 1.165) is 11.3 Å². The summed E-state index contributed by atoms with van der Waals surface area (Å²) in [4.78, 5) is 28.4. The van der Waals surface area contributed by atoms with E-state index in [2.05, 4.69) is 15.6 Å². The maximum Gasteiger partial charge on any atom is 0.276 e. The first-order valence-corrected chi connectivity index (χ1v) is 9.69. The van der Waals surface area contributed by atoms with Crippen LogP contribution in [0.1, 0.15) is 26.4 Å². The van der Waals surface area contributed by atoms with Crippen molar-refractivity contribution in [3.05, 3.63) is 77.6 Å². The van der Waals surface area contributed by atoms with Crippen molar-refractivity contribution >= 4 is 17.5 Å². The zero-order valence-electron chi connectivity index (χ0n) is 17.4. The minimum atomic E-state index is -0.199. The quantitative estimate of drug-likeness (QED) is 0.619. The van der Waals surface area contributed by atoms with Crippen LogP contribution in [-0.4, -0.2) is 59.4 Å². The monoisotopic (exact) mass is 406 g/mol. The number of benzene rings is 2.